The van der Waals surface area contributed by atoms with E-state index in [2.05, 4.69) is 5.32 Å². The Hall–Kier alpha value is -1.95. The lowest BCUT2D eigenvalue weighted by atomic mass is 9.81. The molecule has 0 aromatic heterocycles. The van der Waals surface area contributed by atoms with Crippen LogP contribution in [0.4, 0.5) is 5.69 Å². The summed E-state index contributed by atoms with van der Waals surface area (Å²) in [5.74, 6) is -0.690. The van der Waals surface area contributed by atoms with Crippen LogP contribution in [0.2, 0.25) is 5.02 Å². The third-order valence-electron chi connectivity index (χ3n) is 4.28. The van der Waals surface area contributed by atoms with Gasteiger partial charge in [0, 0.05) is 18.1 Å². The minimum atomic E-state index is -0.833. The number of anilines is 1. The molecule has 1 fully saturated rings. The van der Waals surface area contributed by atoms with E-state index in [0.29, 0.717) is 54.7 Å². The number of nitrogens with one attached hydrogen (secondary N) is 1. The Morgan fingerprint density at radius 2 is 1.78 bits per heavy atom. The van der Waals surface area contributed by atoms with Gasteiger partial charge in [-0.05, 0) is 19.3 Å². The first-order valence-electron chi connectivity index (χ1n) is 7.67. The summed E-state index contributed by atoms with van der Waals surface area (Å²) in [7, 11) is 0. The first kappa shape index (κ1) is 15.9. The summed E-state index contributed by atoms with van der Waals surface area (Å²) < 4.78 is 10.9. The summed E-state index contributed by atoms with van der Waals surface area (Å²) in [5, 5.41) is 12.3. The minimum absolute atomic E-state index is 0.200. The van der Waals surface area contributed by atoms with Crippen LogP contribution >= 0.6 is 11.6 Å². The molecule has 1 aliphatic heterocycles. The molecular formula is C16H18ClNO5. The summed E-state index contributed by atoms with van der Waals surface area (Å²) in [5.41, 5.74) is 0.457. The largest absolute Gasteiger partial charge is 0.486 e. The number of halogens is 1. The monoisotopic (exact) mass is 339 g/mol. The second-order valence-electron chi connectivity index (χ2n) is 5.86. The van der Waals surface area contributed by atoms with E-state index in [0.717, 1.165) is 6.42 Å². The molecule has 23 heavy (non-hydrogen) atoms. The minimum Gasteiger partial charge on any atom is -0.486 e. The van der Waals surface area contributed by atoms with Crippen molar-refractivity contribution in [2.45, 2.75) is 25.7 Å². The van der Waals surface area contributed by atoms with Crippen LogP contribution in [-0.4, -0.2) is 30.2 Å². The second kappa shape index (κ2) is 6.66. The van der Waals surface area contributed by atoms with Crippen molar-refractivity contribution < 1.29 is 24.2 Å². The molecular weight excluding hydrogens is 322 g/mol. The summed E-state index contributed by atoms with van der Waals surface area (Å²) in [6.45, 7) is 0.915. The zero-order chi connectivity index (χ0) is 16.4. The number of aliphatic carboxylic acids is 1. The highest BCUT2D eigenvalue weighted by Crippen LogP contribution is 2.38. The second-order valence-corrected chi connectivity index (χ2v) is 6.27. The molecule has 0 bridgehead atoms. The summed E-state index contributed by atoms with van der Waals surface area (Å²) in [6.07, 6.45) is 2.43. The van der Waals surface area contributed by atoms with Crippen molar-refractivity contribution in [3.63, 3.8) is 0 Å². The van der Waals surface area contributed by atoms with Gasteiger partial charge in [0.25, 0.3) is 0 Å². The molecule has 1 aromatic carbocycles. The van der Waals surface area contributed by atoms with Crippen molar-refractivity contribution in [1.82, 2.24) is 0 Å². The van der Waals surface area contributed by atoms with Crippen molar-refractivity contribution in [2.75, 3.05) is 18.5 Å². The quantitative estimate of drug-likeness (QED) is 0.884. The molecule has 1 amide bonds. The number of hydrogen-bond acceptors (Lipinski definition) is 4. The Kier molecular flexibility index (Phi) is 4.61. The van der Waals surface area contributed by atoms with Crippen LogP contribution in [0.5, 0.6) is 11.5 Å². The smallest absolute Gasteiger partial charge is 0.306 e. The maximum atomic E-state index is 12.4. The average Bonchev–Trinajstić information content (AvgIpc) is 2.55. The number of fused-ring (bicyclic) bond motifs is 1. The van der Waals surface area contributed by atoms with Crippen molar-refractivity contribution >= 4 is 29.2 Å². The van der Waals surface area contributed by atoms with Crippen LogP contribution < -0.4 is 14.8 Å². The van der Waals surface area contributed by atoms with E-state index in [1.807, 2.05) is 0 Å². The Bertz CT molecular complexity index is 633. The molecule has 2 N–H and O–H groups in total. The highest BCUT2D eigenvalue weighted by molar-refractivity contribution is 6.34. The number of carboxylic acid groups (broad SMARTS) is 1. The molecule has 2 unspecified atom stereocenters. The van der Waals surface area contributed by atoms with E-state index in [1.54, 1.807) is 12.1 Å². The number of carbonyl (C=O) groups is 2. The first-order valence-corrected chi connectivity index (χ1v) is 8.05. The van der Waals surface area contributed by atoms with Gasteiger partial charge in [-0.1, -0.05) is 18.0 Å². The van der Waals surface area contributed by atoms with Crippen LogP contribution in [0, 0.1) is 11.8 Å². The number of hydrogen-bond donors (Lipinski definition) is 2. The number of benzene rings is 1. The summed E-state index contributed by atoms with van der Waals surface area (Å²) in [6, 6.07) is 3.26. The van der Waals surface area contributed by atoms with Crippen molar-refractivity contribution in [3.05, 3.63) is 17.2 Å². The van der Waals surface area contributed by atoms with Crippen LogP contribution in [0.15, 0.2) is 12.1 Å². The molecule has 1 saturated carbocycles. The van der Waals surface area contributed by atoms with Crippen LogP contribution in [0.1, 0.15) is 25.7 Å². The summed E-state index contributed by atoms with van der Waals surface area (Å²) in [4.78, 5) is 23.5. The van der Waals surface area contributed by atoms with Crippen LogP contribution in [0.3, 0.4) is 0 Å². The topological polar surface area (TPSA) is 84.9 Å². The van der Waals surface area contributed by atoms with Gasteiger partial charge >= 0.3 is 5.97 Å². The SMILES string of the molecule is O=C(O)C1CCCC(C(=O)Nc2cc3c(cc2Cl)OCCO3)C1. The fourth-order valence-corrected chi connectivity index (χ4v) is 3.25. The van der Waals surface area contributed by atoms with E-state index < -0.39 is 11.9 Å². The number of carbonyl (C=O) groups excluding carboxylic acids is 1. The first-order chi connectivity index (χ1) is 11.0. The number of carboxylic acids is 1. The zero-order valence-corrected chi connectivity index (χ0v) is 13.3. The molecule has 2 atom stereocenters. The van der Waals surface area contributed by atoms with Crippen LogP contribution in [-0.2, 0) is 9.59 Å². The van der Waals surface area contributed by atoms with Gasteiger partial charge < -0.3 is 19.9 Å². The normalized spacial score (nSPS) is 23.2. The van der Waals surface area contributed by atoms with Gasteiger partial charge in [0.2, 0.25) is 5.91 Å². The lowest BCUT2D eigenvalue weighted by Crippen LogP contribution is -2.31. The predicted octanol–water partition coefficient (Wildman–Crippen LogP) is 2.94. The highest BCUT2D eigenvalue weighted by atomic mass is 35.5. The average molecular weight is 340 g/mol. The van der Waals surface area contributed by atoms with Crippen molar-refractivity contribution in [2.24, 2.45) is 11.8 Å². The predicted molar refractivity (Wildman–Crippen MR) is 84.2 cm³/mol. The molecule has 3 rings (SSSR count). The zero-order valence-electron chi connectivity index (χ0n) is 12.5. The number of amides is 1. The Morgan fingerprint density at radius 3 is 2.48 bits per heavy atom. The lowest BCUT2D eigenvalue weighted by molar-refractivity contribution is -0.143. The van der Waals surface area contributed by atoms with Crippen molar-refractivity contribution in [1.29, 1.82) is 0 Å². The highest BCUT2D eigenvalue weighted by Gasteiger charge is 2.31. The van der Waals surface area contributed by atoms with E-state index >= 15 is 0 Å². The van der Waals surface area contributed by atoms with E-state index in [-0.39, 0.29) is 11.8 Å². The van der Waals surface area contributed by atoms with Gasteiger partial charge in [-0.25, -0.2) is 0 Å². The van der Waals surface area contributed by atoms with Gasteiger partial charge in [-0.15, -0.1) is 0 Å². The third kappa shape index (κ3) is 3.52. The molecule has 0 spiro atoms. The molecule has 1 aliphatic carbocycles. The molecule has 7 heteroatoms. The maximum absolute atomic E-state index is 12.4. The summed E-state index contributed by atoms with van der Waals surface area (Å²) >= 11 is 6.18. The van der Waals surface area contributed by atoms with Gasteiger partial charge in [0.15, 0.2) is 11.5 Å². The Balaban J connectivity index is 1.71. The van der Waals surface area contributed by atoms with E-state index in [9.17, 15) is 9.59 Å². The van der Waals surface area contributed by atoms with Crippen molar-refractivity contribution in [3.8, 4) is 11.5 Å². The lowest BCUT2D eigenvalue weighted by Gasteiger charge is -2.26. The number of rotatable bonds is 3. The van der Waals surface area contributed by atoms with Gasteiger partial charge in [0.1, 0.15) is 13.2 Å². The van der Waals surface area contributed by atoms with E-state index in [4.69, 9.17) is 26.2 Å². The maximum Gasteiger partial charge on any atom is 0.306 e. The standard InChI is InChI=1S/C16H18ClNO5/c17-11-7-13-14(23-5-4-22-13)8-12(11)18-15(19)9-2-1-3-10(6-9)16(20)21/h7-10H,1-6H2,(H,18,19)(H,20,21). The Labute approximate surface area is 138 Å². The molecule has 1 heterocycles. The van der Waals surface area contributed by atoms with Gasteiger partial charge in [0.05, 0.1) is 16.6 Å². The molecule has 1 aromatic rings. The molecule has 124 valence electrons. The van der Waals surface area contributed by atoms with Gasteiger partial charge in [-0.2, -0.15) is 0 Å². The molecule has 0 radical (unpaired) electrons. The van der Waals surface area contributed by atoms with Gasteiger partial charge in [-0.3, -0.25) is 9.59 Å². The van der Waals surface area contributed by atoms with E-state index in [1.165, 1.54) is 0 Å². The molecule has 2 aliphatic rings. The molecule has 6 nitrogen and oxygen atoms in total. The fourth-order valence-electron chi connectivity index (χ4n) is 3.05. The van der Waals surface area contributed by atoms with Crippen LogP contribution in [0.25, 0.3) is 0 Å². The number of ether oxygens (including phenoxy) is 2. The third-order valence-corrected chi connectivity index (χ3v) is 4.60. The fraction of sp³-hybridized carbons (Fsp3) is 0.500. The molecule has 0 saturated heterocycles. The Morgan fingerprint density at radius 1 is 1.13 bits per heavy atom.